The zero-order valence-electron chi connectivity index (χ0n) is 11.6. The van der Waals surface area contributed by atoms with Crippen LogP contribution in [0.3, 0.4) is 0 Å². The fourth-order valence-corrected chi connectivity index (χ4v) is 1.85. The van der Waals surface area contributed by atoms with E-state index in [1.807, 2.05) is 31.2 Å². The van der Waals surface area contributed by atoms with Crippen molar-refractivity contribution < 1.29 is 15.3 Å². The summed E-state index contributed by atoms with van der Waals surface area (Å²) in [5, 5.41) is 9.21. The molecular formula is C15H20ClNO3. The molecule has 0 aliphatic rings. The Morgan fingerprint density at radius 1 is 1.20 bits per heavy atom. The maximum Gasteiger partial charge on any atom is 0.131 e. The molecule has 0 saturated carbocycles. The van der Waals surface area contributed by atoms with Crippen molar-refractivity contribution in [1.82, 2.24) is 4.98 Å². The molecule has 0 fully saturated rings. The second kappa shape index (κ2) is 8.53. The van der Waals surface area contributed by atoms with Crippen LogP contribution in [0.15, 0.2) is 36.5 Å². The Morgan fingerprint density at radius 3 is 2.60 bits per heavy atom. The first-order valence-corrected chi connectivity index (χ1v) is 5.94. The monoisotopic (exact) mass is 297 g/mol. The van der Waals surface area contributed by atoms with Gasteiger partial charge in [-0.05, 0) is 31.5 Å². The Balaban J connectivity index is 0.00000180. The average Bonchev–Trinajstić information content (AvgIpc) is 2.38. The van der Waals surface area contributed by atoms with Crippen molar-refractivity contribution >= 4 is 12.4 Å². The molecule has 2 rings (SSSR count). The Hall–Kier alpha value is -1.62. The summed E-state index contributed by atoms with van der Waals surface area (Å²) in [5.74, 6) is 0.857. The zero-order chi connectivity index (χ0) is 13.0. The minimum Gasteiger partial charge on any atom is -0.487 e. The number of hydrogen-bond donors (Lipinski definition) is 1. The van der Waals surface area contributed by atoms with Crippen LogP contribution in [0.5, 0.6) is 5.75 Å². The minimum atomic E-state index is -0.0145. The molecule has 0 aliphatic heterocycles. The lowest BCUT2D eigenvalue weighted by Crippen LogP contribution is -2.03. The normalized spacial score (nSPS) is 9.35. The van der Waals surface area contributed by atoms with Gasteiger partial charge in [0.1, 0.15) is 12.4 Å². The molecule has 20 heavy (non-hydrogen) atoms. The summed E-state index contributed by atoms with van der Waals surface area (Å²) >= 11 is 0. The molecule has 0 atom stereocenters. The highest BCUT2D eigenvalue weighted by Gasteiger charge is 2.05. The van der Waals surface area contributed by atoms with Crippen molar-refractivity contribution in [3.8, 4) is 5.75 Å². The van der Waals surface area contributed by atoms with E-state index in [0.29, 0.717) is 6.61 Å². The topological polar surface area (TPSA) is 73.8 Å². The molecule has 1 aromatic carbocycles. The van der Waals surface area contributed by atoms with E-state index in [9.17, 15) is 5.11 Å². The molecule has 4 nitrogen and oxygen atoms in total. The van der Waals surface area contributed by atoms with Crippen molar-refractivity contribution in [2.45, 2.75) is 27.1 Å². The third-order valence-electron chi connectivity index (χ3n) is 2.85. The number of halogens is 1. The smallest absolute Gasteiger partial charge is 0.131 e. The molecule has 1 aromatic heterocycles. The zero-order valence-corrected chi connectivity index (χ0v) is 12.4. The molecule has 5 heteroatoms. The van der Waals surface area contributed by atoms with Crippen LogP contribution >= 0.6 is 12.4 Å². The van der Waals surface area contributed by atoms with Crippen LogP contribution in [0.25, 0.3) is 0 Å². The second-order valence-corrected chi connectivity index (χ2v) is 4.32. The number of aliphatic hydroxyl groups excluding tert-OH is 1. The van der Waals surface area contributed by atoms with Crippen LogP contribution in [0.4, 0.5) is 0 Å². The summed E-state index contributed by atoms with van der Waals surface area (Å²) in [6.45, 7) is 4.44. The standard InChI is InChI=1S/C15H17NO2.ClH.H2O/c1-11-5-6-15(12(2)8-11)18-10-14-13(9-17)4-3-7-16-14;;/h3-8,17H,9-10H2,1-2H3;1H;1H2. The van der Waals surface area contributed by atoms with Crippen molar-refractivity contribution in [3.63, 3.8) is 0 Å². The van der Waals surface area contributed by atoms with Gasteiger partial charge in [0, 0.05) is 11.8 Å². The van der Waals surface area contributed by atoms with Crippen molar-refractivity contribution in [2.24, 2.45) is 0 Å². The quantitative estimate of drug-likeness (QED) is 0.941. The Morgan fingerprint density at radius 2 is 1.95 bits per heavy atom. The molecular weight excluding hydrogens is 278 g/mol. The lowest BCUT2D eigenvalue weighted by atomic mass is 10.1. The Labute approximate surface area is 125 Å². The highest BCUT2D eigenvalue weighted by atomic mass is 35.5. The van der Waals surface area contributed by atoms with Crippen LogP contribution in [0, 0.1) is 13.8 Å². The van der Waals surface area contributed by atoms with Crippen molar-refractivity contribution in [3.05, 3.63) is 58.9 Å². The van der Waals surface area contributed by atoms with Gasteiger partial charge in [0.2, 0.25) is 0 Å². The molecule has 0 saturated heterocycles. The van der Waals surface area contributed by atoms with Gasteiger partial charge in [-0.25, -0.2) is 0 Å². The molecule has 0 spiro atoms. The van der Waals surface area contributed by atoms with Crippen molar-refractivity contribution in [1.29, 1.82) is 0 Å². The number of ether oxygens (including phenoxy) is 1. The van der Waals surface area contributed by atoms with E-state index < -0.39 is 0 Å². The summed E-state index contributed by atoms with van der Waals surface area (Å²) in [5.41, 5.74) is 3.91. The van der Waals surface area contributed by atoms with Crippen LogP contribution in [-0.2, 0) is 13.2 Å². The first-order chi connectivity index (χ1) is 8.70. The second-order valence-electron chi connectivity index (χ2n) is 4.32. The van der Waals surface area contributed by atoms with Crippen LogP contribution in [-0.4, -0.2) is 15.6 Å². The van der Waals surface area contributed by atoms with Gasteiger partial charge >= 0.3 is 0 Å². The first-order valence-electron chi connectivity index (χ1n) is 5.94. The molecule has 3 N–H and O–H groups in total. The molecule has 0 aliphatic carbocycles. The number of aliphatic hydroxyl groups is 1. The van der Waals surface area contributed by atoms with Gasteiger partial charge in [-0.2, -0.15) is 0 Å². The van der Waals surface area contributed by atoms with E-state index >= 15 is 0 Å². The largest absolute Gasteiger partial charge is 0.487 e. The lowest BCUT2D eigenvalue weighted by molar-refractivity contribution is 0.266. The van der Waals surface area contributed by atoms with Gasteiger partial charge in [0.25, 0.3) is 0 Å². The van der Waals surface area contributed by atoms with Gasteiger partial charge in [0.15, 0.2) is 0 Å². The van der Waals surface area contributed by atoms with E-state index in [0.717, 1.165) is 22.6 Å². The Bertz CT molecular complexity index is 546. The lowest BCUT2D eigenvalue weighted by Gasteiger charge is -2.11. The highest BCUT2D eigenvalue weighted by molar-refractivity contribution is 5.85. The SMILES string of the molecule is Cc1ccc(OCc2ncccc2CO)c(C)c1.Cl.O. The third-order valence-corrected chi connectivity index (χ3v) is 2.85. The molecule has 0 amide bonds. The van der Waals surface area contributed by atoms with Gasteiger partial charge in [0.05, 0.1) is 12.3 Å². The van der Waals surface area contributed by atoms with E-state index in [4.69, 9.17) is 4.74 Å². The summed E-state index contributed by atoms with van der Waals surface area (Å²) in [4.78, 5) is 4.23. The van der Waals surface area contributed by atoms with E-state index in [-0.39, 0.29) is 24.5 Å². The fourth-order valence-electron chi connectivity index (χ4n) is 1.85. The average molecular weight is 298 g/mol. The van der Waals surface area contributed by atoms with Gasteiger partial charge in [-0.15, -0.1) is 12.4 Å². The summed E-state index contributed by atoms with van der Waals surface area (Å²) < 4.78 is 5.75. The number of rotatable bonds is 4. The molecule has 0 bridgehead atoms. The van der Waals surface area contributed by atoms with Gasteiger partial charge < -0.3 is 15.3 Å². The predicted molar refractivity (Wildman–Crippen MR) is 81.3 cm³/mol. The summed E-state index contributed by atoms with van der Waals surface area (Å²) in [6.07, 6.45) is 1.71. The number of benzene rings is 1. The van der Waals surface area contributed by atoms with Crippen molar-refractivity contribution in [2.75, 3.05) is 0 Å². The van der Waals surface area contributed by atoms with E-state index in [1.165, 1.54) is 5.56 Å². The van der Waals surface area contributed by atoms with Gasteiger partial charge in [-0.1, -0.05) is 23.8 Å². The van der Waals surface area contributed by atoms with Crippen LogP contribution < -0.4 is 4.74 Å². The molecule has 1 heterocycles. The molecule has 0 radical (unpaired) electrons. The maximum absolute atomic E-state index is 9.21. The number of hydrogen-bond acceptors (Lipinski definition) is 3. The first kappa shape index (κ1) is 18.4. The predicted octanol–water partition coefficient (Wildman–Crippen LogP) is 2.37. The fraction of sp³-hybridized carbons (Fsp3) is 0.267. The third kappa shape index (κ3) is 4.49. The van der Waals surface area contributed by atoms with E-state index in [2.05, 4.69) is 18.0 Å². The summed E-state index contributed by atoms with van der Waals surface area (Å²) in [6, 6.07) is 9.74. The van der Waals surface area contributed by atoms with Crippen LogP contribution in [0.1, 0.15) is 22.4 Å². The number of aromatic nitrogens is 1. The molecule has 110 valence electrons. The number of pyridine rings is 1. The van der Waals surface area contributed by atoms with E-state index in [1.54, 1.807) is 6.20 Å². The molecule has 2 aromatic rings. The number of nitrogens with zero attached hydrogens (tertiary/aromatic N) is 1. The highest BCUT2D eigenvalue weighted by Crippen LogP contribution is 2.20. The molecule has 0 unspecified atom stereocenters. The maximum atomic E-state index is 9.21. The number of aryl methyl sites for hydroxylation is 2. The minimum absolute atomic E-state index is 0. The summed E-state index contributed by atoms with van der Waals surface area (Å²) in [7, 11) is 0. The van der Waals surface area contributed by atoms with Crippen LogP contribution in [0.2, 0.25) is 0 Å². The Kier molecular flexibility index (Phi) is 7.84. The van der Waals surface area contributed by atoms with Gasteiger partial charge in [-0.3, -0.25) is 4.98 Å².